The predicted molar refractivity (Wildman–Crippen MR) is 95.6 cm³/mol. The van der Waals surface area contributed by atoms with Crippen LogP contribution in [0.2, 0.25) is 0 Å². The molecule has 0 spiro atoms. The number of nitrogens with one attached hydrogen (secondary N) is 1. The molecule has 9 nitrogen and oxygen atoms in total. The van der Waals surface area contributed by atoms with E-state index in [0.29, 0.717) is 23.7 Å². The molecular formula is C18H17N5O4. The second-order valence-electron chi connectivity index (χ2n) is 5.74. The Labute approximate surface area is 154 Å². The normalized spacial score (nSPS) is 10.4. The van der Waals surface area contributed by atoms with Crippen LogP contribution in [0.4, 0.5) is 5.69 Å². The summed E-state index contributed by atoms with van der Waals surface area (Å²) in [5.74, 6) is -0.279. The van der Waals surface area contributed by atoms with Gasteiger partial charge < -0.3 is 15.2 Å². The van der Waals surface area contributed by atoms with Crippen LogP contribution in [0.5, 0.6) is 5.75 Å². The lowest BCUT2D eigenvalue weighted by molar-refractivity contribution is -0.118. The third kappa shape index (κ3) is 5.11. The monoisotopic (exact) mass is 367 g/mol. The standard InChI is InChI=1S/C18H17N5O4/c1-23-21-16(20-22-23)9-12-5-7-15(8-6-12)27-11-17(24)19-14-4-2-3-13(10-14)18(25)26/h2-8,10H,9,11H2,1H3,(H,19,24)(H,25,26). The zero-order valence-corrected chi connectivity index (χ0v) is 14.5. The van der Waals surface area contributed by atoms with Crippen LogP contribution in [0.25, 0.3) is 0 Å². The molecule has 0 atom stereocenters. The van der Waals surface area contributed by atoms with Crippen molar-refractivity contribution < 1.29 is 19.4 Å². The fourth-order valence-electron chi connectivity index (χ4n) is 2.36. The number of carboxylic acid groups (broad SMARTS) is 1. The van der Waals surface area contributed by atoms with Gasteiger partial charge in [0.1, 0.15) is 5.75 Å². The predicted octanol–water partition coefficient (Wildman–Crippen LogP) is 1.52. The number of tetrazole rings is 1. The number of hydrogen-bond donors (Lipinski definition) is 2. The van der Waals surface area contributed by atoms with Gasteiger partial charge in [-0.1, -0.05) is 18.2 Å². The number of benzene rings is 2. The van der Waals surface area contributed by atoms with E-state index in [1.54, 1.807) is 31.3 Å². The summed E-state index contributed by atoms with van der Waals surface area (Å²) in [5, 5.41) is 23.4. The van der Waals surface area contributed by atoms with Gasteiger partial charge in [-0.15, -0.1) is 10.2 Å². The Balaban J connectivity index is 1.51. The number of carbonyl (C=O) groups is 2. The molecular weight excluding hydrogens is 350 g/mol. The molecule has 0 aliphatic rings. The smallest absolute Gasteiger partial charge is 0.335 e. The fourth-order valence-corrected chi connectivity index (χ4v) is 2.36. The molecule has 3 aromatic rings. The quantitative estimate of drug-likeness (QED) is 0.650. The minimum absolute atomic E-state index is 0.0990. The molecule has 0 fully saturated rings. The van der Waals surface area contributed by atoms with E-state index in [4.69, 9.17) is 9.84 Å². The van der Waals surface area contributed by atoms with Crippen LogP contribution in [0.1, 0.15) is 21.7 Å². The molecule has 27 heavy (non-hydrogen) atoms. The van der Waals surface area contributed by atoms with Crippen molar-refractivity contribution in [1.82, 2.24) is 20.2 Å². The highest BCUT2D eigenvalue weighted by Crippen LogP contribution is 2.14. The summed E-state index contributed by atoms with van der Waals surface area (Å²) in [5.41, 5.74) is 1.49. The SMILES string of the molecule is Cn1nnc(Cc2ccc(OCC(=O)Nc3cccc(C(=O)O)c3)cc2)n1. The van der Waals surface area contributed by atoms with Crippen molar-refractivity contribution in [3.05, 3.63) is 65.5 Å². The summed E-state index contributed by atoms with van der Waals surface area (Å²) in [6.07, 6.45) is 0.550. The van der Waals surface area contributed by atoms with Crippen LogP contribution in [0.15, 0.2) is 48.5 Å². The molecule has 2 aromatic carbocycles. The summed E-state index contributed by atoms with van der Waals surface area (Å²) in [4.78, 5) is 24.3. The molecule has 0 saturated heterocycles. The van der Waals surface area contributed by atoms with Crippen LogP contribution in [-0.4, -0.2) is 43.8 Å². The third-order valence-electron chi connectivity index (χ3n) is 3.60. The minimum Gasteiger partial charge on any atom is -0.484 e. The summed E-state index contributed by atoms with van der Waals surface area (Å²) in [6, 6.07) is 13.2. The van der Waals surface area contributed by atoms with Gasteiger partial charge in [0.2, 0.25) is 0 Å². The number of carbonyl (C=O) groups excluding carboxylic acids is 1. The summed E-state index contributed by atoms with van der Waals surface area (Å²) < 4.78 is 5.45. The maximum atomic E-state index is 12.0. The lowest BCUT2D eigenvalue weighted by Crippen LogP contribution is -2.20. The zero-order valence-electron chi connectivity index (χ0n) is 14.5. The lowest BCUT2D eigenvalue weighted by Gasteiger charge is -2.08. The molecule has 1 amide bonds. The van der Waals surface area contributed by atoms with Gasteiger partial charge in [0.25, 0.3) is 5.91 Å². The molecule has 1 aromatic heterocycles. The second-order valence-corrected chi connectivity index (χ2v) is 5.74. The first-order valence-electron chi connectivity index (χ1n) is 8.07. The molecule has 9 heteroatoms. The van der Waals surface area contributed by atoms with Crippen molar-refractivity contribution in [1.29, 1.82) is 0 Å². The van der Waals surface area contributed by atoms with Gasteiger partial charge in [-0.3, -0.25) is 4.79 Å². The minimum atomic E-state index is -1.06. The molecule has 0 bridgehead atoms. The average Bonchev–Trinajstić information content (AvgIpc) is 3.06. The van der Waals surface area contributed by atoms with Crippen molar-refractivity contribution >= 4 is 17.6 Å². The van der Waals surface area contributed by atoms with Crippen molar-refractivity contribution in [2.24, 2.45) is 7.05 Å². The number of ether oxygens (including phenoxy) is 1. The molecule has 1 heterocycles. The number of anilines is 1. The molecule has 0 aliphatic carbocycles. The van der Waals surface area contributed by atoms with Crippen LogP contribution < -0.4 is 10.1 Å². The topological polar surface area (TPSA) is 119 Å². The second kappa shape index (κ2) is 8.09. The van der Waals surface area contributed by atoms with Crippen LogP contribution in [0, 0.1) is 0 Å². The van der Waals surface area contributed by atoms with Crippen LogP contribution >= 0.6 is 0 Å². The Morgan fingerprint density at radius 1 is 1.19 bits per heavy atom. The van der Waals surface area contributed by atoms with E-state index in [2.05, 4.69) is 20.7 Å². The highest BCUT2D eigenvalue weighted by molar-refractivity contribution is 5.94. The maximum Gasteiger partial charge on any atom is 0.335 e. The van der Waals surface area contributed by atoms with E-state index in [1.807, 2.05) is 12.1 Å². The van der Waals surface area contributed by atoms with Crippen molar-refractivity contribution in [3.8, 4) is 5.75 Å². The number of aromatic carboxylic acids is 1. The molecule has 138 valence electrons. The van der Waals surface area contributed by atoms with E-state index in [9.17, 15) is 9.59 Å². The van der Waals surface area contributed by atoms with E-state index in [1.165, 1.54) is 16.9 Å². The molecule has 0 aliphatic heterocycles. The largest absolute Gasteiger partial charge is 0.484 e. The first kappa shape index (κ1) is 18.1. The van der Waals surface area contributed by atoms with E-state index >= 15 is 0 Å². The number of amides is 1. The summed E-state index contributed by atoms with van der Waals surface area (Å²) in [6.45, 7) is -0.192. The molecule has 0 radical (unpaired) electrons. The van der Waals surface area contributed by atoms with Gasteiger partial charge in [0, 0.05) is 12.1 Å². The van der Waals surface area contributed by atoms with Crippen LogP contribution in [-0.2, 0) is 18.3 Å². The van der Waals surface area contributed by atoms with Gasteiger partial charge in [-0.05, 0) is 41.1 Å². The molecule has 3 rings (SSSR count). The van der Waals surface area contributed by atoms with Gasteiger partial charge in [0.15, 0.2) is 12.4 Å². The van der Waals surface area contributed by atoms with Gasteiger partial charge >= 0.3 is 5.97 Å². The lowest BCUT2D eigenvalue weighted by atomic mass is 10.1. The van der Waals surface area contributed by atoms with E-state index in [0.717, 1.165) is 5.56 Å². The van der Waals surface area contributed by atoms with E-state index in [-0.39, 0.29) is 18.1 Å². The van der Waals surface area contributed by atoms with Gasteiger partial charge in [-0.25, -0.2) is 4.79 Å². The highest BCUT2D eigenvalue weighted by atomic mass is 16.5. The molecule has 2 N–H and O–H groups in total. The number of hydrogen-bond acceptors (Lipinski definition) is 6. The van der Waals surface area contributed by atoms with E-state index < -0.39 is 5.97 Å². The number of aryl methyl sites for hydroxylation is 1. The molecule has 0 saturated carbocycles. The fraction of sp³-hybridized carbons (Fsp3) is 0.167. The Hall–Kier alpha value is -3.75. The highest BCUT2D eigenvalue weighted by Gasteiger charge is 2.08. The van der Waals surface area contributed by atoms with Crippen molar-refractivity contribution in [2.45, 2.75) is 6.42 Å². The Kier molecular flexibility index (Phi) is 5.41. The number of nitrogens with zero attached hydrogens (tertiary/aromatic N) is 4. The average molecular weight is 367 g/mol. The summed E-state index contributed by atoms with van der Waals surface area (Å²) in [7, 11) is 1.70. The molecule has 0 unspecified atom stereocenters. The van der Waals surface area contributed by atoms with Gasteiger partial charge in [-0.2, -0.15) is 4.80 Å². The third-order valence-corrected chi connectivity index (χ3v) is 3.60. The first-order chi connectivity index (χ1) is 13.0. The van der Waals surface area contributed by atoms with Gasteiger partial charge in [0.05, 0.1) is 12.6 Å². The number of rotatable bonds is 7. The number of carboxylic acids is 1. The zero-order chi connectivity index (χ0) is 19.2. The Morgan fingerprint density at radius 3 is 2.63 bits per heavy atom. The van der Waals surface area contributed by atoms with Crippen molar-refractivity contribution in [3.63, 3.8) is 0 Å². The first-order valence-corrected chi connectivity index (χ1v) is 8.07. The summed E-state index contributed by atoms with van der Waals surface area (Å²) >= 11 is 0. The Morgan fingerprint density at radius 2 is 1.96 bits per heavy atom. The Bertz CT molecular complexity index is 952. The van der Waals surface area contributed by atoms with Crippen molar-refractivity contribution in [2.75, 3.05) is 11.9 Å². The maximum absolute atomic E-state index is 12.0. The number of aromatic nitrogens is 4. The van der Waals surface area contributed by atoms with Crippen LogP contribution in [0.3, 0.4) is 0 Å².